The number of hydrogen-bond donors (Lipinski definition) is 1. The summed E-state index contributed by atoms with van der Waals surface area (Å²) in [6.07, 6.45) is -5.99. The van der Waals surface area contributed by atoms with E-state index in [1.165, 1.54) is 13.0 Å². The number of nitro groups is 1. The van der Waals surface area contributed by atoms with Crippen LogP contribution in [0, 0.1) is 28.9 Å². The lowest BCUT2D eigenvalue weighted by molar-refractivity contribution is -0.384. The Morgan fingerprint density at radius 2 is 1.72 bits per heavy atom. The third-order valence-electron chi connectivity index (χ3n) is 7.22. The van der Waals surface area contributed by atoms with Crippen molar-refractivity contribution in [3.05, 3.63) is 74.8 Å². The number of alkyl halides is 3. The standard InChI is InChI=1S/C26H27F3N4O6/c1-15-9-19(33(37)38)10-20(23(30)34)22(15)24(35)32-13-17-11-31(12-18(17)14-32)8-7-21(16-5-3-2-4-6-16)39-25(36)26(27,28)29/h2-6,9-10,17-18,21H,7-8,11-14H2,1H3,(H2,30,34)/t17-,18?,21?/m0/s1. The molecule has 2 amide bonds. The van der Waals surface area contributed by atoms with Gasteiger partial charge < -0.3 is 20.3 Å². The highest BCUT2D eigenvalue weighted by Crippen LogP contribution is 2.34. The number of nitro benzene ring substituents is 1. The van der Waals surface area contributed by atoms with E-state index < -0.39 is 35.0 Å². The first kappa shape index (κ1) is 28.0. The van der Waals surface area contributed by atoms with Gasteiger partial charge in [-0.05, 0) is 29.9 Å². The van der Waals surface area contributed by atoms with E-state index in [1.807, 2.05) is 0 Å². The Kier molecular flexibility index (Phi) is 7.91. The minimum atomic E-state index is -5.09. The van der Waals surface area contributed by atoms with Crippen LogP contribution in [0.15, 0.2) is 42.5 Å². The van der Waals surface area contributed by atoms with Crippen LogP contribution in [0.5, 0.6) is 0 Å². The molecule has 2 aromatic carbocycles. The molecular formula is C26H27F3N4O6. The molecule has 13 heteroatoms. The molecule has 2 aromatic rings. The zero-order valence-corrected chi connectivity index (χ0v) is 21.0. The van der Waals surface area contributed by atoms with Crippen LogP contribution in [0.3, 0.4) is 0 Å². The van der Waals surface area contributed by atoms with Gasteiger partial charge in [0.1, 0.15) is 6.10 Å². The van der Waals surface area contributed by atoms with Gasteiger partial charge in [-0.15, -0.1) is 0 Å². The summed E-state index contributed by atoms with van der Waals surface area (Å²) in [5.74, 6) is -3.41. The summed E-state index contributed by atoms with van der Waals surface area (Å²) in [6, 6.07) is 10.5. The van der Waals surface area contributed by atoms with Gasteiger partial charge in [-0.25, -0.2) is 4.79 Å². The molecule has 2 fully saturated rings. The summed E-state index contributed by atoms with van der Waals surface area (Å²) in [4.78, 5) is 51.0. The predicted molar refractivity (Wildman–Crippen MR) is 132 cm³/mol. The molecule has 0 radical (unpaired) electrons. The van der Waals surface area contributed by atoms with E-state index in [4.69, 9.17) is 10.5 Å². The van der Waals surface area contributed by atoms with E-state index in [1.54, 1.807) is 35.2 Å². The highest BCUT2D eigenvalue weighted by atomic mass is 19.4. The minimum absolute atomic E-state index is 0.0436. The molecular weight excluding hydrogens is 521 g/mol. The molecule has 208 valence electrons. The van der Waals surface area contributed by atoms with Crippen LogP contribution < -0.4 is 5.73 Å². The lowest BCUT2D eigenvalue weighted by Gasteiger charge is -2.25. The van der Waals surface area contributed by atoms with E-state index in [0.717, 1.165) is 6.07 Å². The van der Waals surface area contributed by atoms with E-state index in [-0.39, 0.29) is 40.6 Å². The largest absolute Gasteiger partial charge is 0.490 e. The average Bonchev–Trinajstić information content (AvgIpc) is 3.44. The molecule has 0 aliphatic carbocycles. The van der Waals surface area contributed by atoms with Crippen LogP contribution in [0.25, 0.3) is 0 Å². The number of hydrogen-bond acceptors (Lipinski definition) is 7. The average molecular weight is 549 g/mol. The number of likely N-dealkylation sites (tertiary alicyclic amines) is 2. The van der Waals surface area contributed by atoms with Gasteiger partial charge in [0, 0.05) is 51.3 Å². The fourth-order valence-electron chi connectivity index (χ4n) is 5.41. The van der Waals surface area contributed by atoms with Crippen molar-refractivity contribution in [2.24, 2.45) is 17.6 Å². The number of non-ortho nitro benzene ring substituents is 1. The Labute approximate surface area is 221 Å². The molecule has 0 aromatic heterocycles. The van der Waals surface area contributed by atoms with Gasteiger partial charge in [0.2, 0.25) is 5.91 Å². The van der Waals surface area contributed by atoms with Crippen LogP contribution in [-0.4, -0.2) is 71.4 Å². The molecule has 10 nitrogen and oxygen atoms in total. The van der Waals surface area contributed by atoms with Crippen LogP contribution in [0.1, 0.15) is 44.4 Å². The summed E-state index contributed by atoms with van der Waals surface area (Å²) in [6.45, 7) is 3.86. The van der Waals surface area contributed by atoms with Crippen molar-refractivity contribution in [3.8, 4) is 0 Å². The summed E-state index contributed by atoms with van der Waals surface area (Å²) < 4.78 is 43.3. The van der Waals surface area contributed by atoms with E-state index in [9.17, 15) is 37.7 Å². The number of aryl methyl sites for hydroxylation is 1. The lowest BCUT2D eigenvalue weighted by atomic mass is 9.99. The Morgan fingerprint density at radius 1 is 1.10 bits per heavy atom. The quantitative estimate of drug-likeness (QED) is 0.304. The number of carbonyl (C=O) groups is 3. The first-order chi connectivity index (χ1) is 18.3. The van der Waals surface area contributed by atoms with Gasteiger partial charge in [0.25, 0.3) is 11.6 Å². The Balaban J connectivity index is 1.40. The van der Waals surface area contributed by atoms with Gasteiger partial charge in [-0.3, -0.25) is 19.7 Å². The highest BCUT2D eigenvalue weighted by Gasteiger charge is 2.44. The van der Waals surface area contributed by atoms with Crippen molar-refractivity contribution in [2.45, 2.75) is 25.6 Å². The highest BCUT2D eigenvalue weighted by molar-refractivity contribution is 6.08. The summed E-state index contributed by atoms with van der Waals surface area (Å²) in [7, 11) is 0. The molecule has 4 rings (SSSR count). The number of nitrogens with zero attached hydrogens (tertiary/aromatic N) is 3. The number of nitrogens with two attached hydrogens (primary N) is 1. The predicted octanol–water partition coefficient (Wildman–Crippen LogP) is 3.24. The third-order valence-corrected chi connectivity index (χ3v) is 7.22. The van der Waals surface area contributed by atoms with E-state index in [2.05, 4.69) is 4.90 Å². The van der Waals surface area contributed by atoms with Crippen LogP contribution in [0.2, 0.25) is 0 Å². The molecule has 2 aliphatic heterocycles. The molecule has 2 unspecified atom stereocenters. The van der Waals surface area contributed by atoms with E-state index >= 15 is 0 Å². The van der Waals surface area contributed by atoms with Crippen molar-refractivity contribution in [2.75, 3.05) is 32.7 Å². The van der Waals surface area contributed by atoms with Gasteiger partial charge in [0.15, 0.2) is 0 Å². The summed E-state index contributed by atoms with van der Waals surface area (Å²) in [5, 5.41) is 11.2. The van der Waals surface area contributed by atoms with Gasteiger partial charge in [-0.1, -0.05) is 30.3 Å². The number of fused-ring (bicyclic) bond motifs is 1. The summed E-state index contributed by atoms with van der Waals surface area (Å²) >= 11 is 0. The van der Waals surface area contributed by atoms with Crippen molar-refractivity contribution < 1.29 is 37.2 Å². The number of rotatable bonds is 8. The van der Waals surface area contributed by atoms with Crippen molar-refractivity contribution in [3.63, 3.8) is 0 Å². The second kappa shape index (κ2) is 11.0. The lowest BCUT2D eigenvalue weighted by Crippen LogP contribution is -2.35. The third kappa shape index (κ3) is 6.19. The SMILES string of the molecule is Cc1cc([N+](=O)[O-])cc(C(N)=O)c1C(=O)N1CC2CN(CCC(OC(=O)C(F)(F)F)c3ccccc3)C[C@H]2C1. The first-order valence-corrected chi connectivity index (χ1v) is 12.3. The van der Waals surface area contributed by atoms with E-state index in [0.29, 0.717) is 38.3 Å². The van der Waals surface area contributed by atoms with Crippen molar-refractivity contribution in [1.82, 2.24) is 9.80 Å². The smallest absolute Gasteiger partial charge is 0.451 e. The zero-order chi connectivity index (χ0) is 28.5. The second-order valence-corrected chi connectivity index (χ2v) is 9.89. The molecule has 0 spiro atoms. The number of esters is 1. The maximum Gasteiger partial charge on any atom is 0.490 e. The first-order valence-electron chi connectivity index (χ1n) is 12.3. The molecule has 0 saturated carbocycles. The Bertz CT molecular complexity index is 1270. The molecule has 3 atom stereocenters. The molecule has 39 heavy (non-hydrogen) atoms. The number of primary amides is 1. The summed E-state index contributed by atoms with van der Waals surface area (Å²) in [5.41, 5.74) is 5.68. The molecule has 2 aliphatic rings. The van der Waals surface area contributed by atoms with Crippen LogP contribution >= 0.6 is 0 Å². The fraction of sp³-hybridized carbons (Fsp3) is 0.423. The van der Waals surface area contributed by atoms with Gasteiger partial charge in [0.05, 0.1) is 16.1 Å². The number of benzene rings is 2. The fourth-order valence-corrected chi connectivity index (χ4v) is 5.41. The minimum Gasteiger partial charge on any atom is -0.451 e. The zero-order valence-electron chi connectivity index (χ0n) is 21.0. The van der Waals surface area contributed by atoms with Crippen molar-refractivity contribution in [1.29, 1.82) is 0 Å². The monoisotopic (exact) mass is 548 g/mol. The van der Waals surface area contributed by atoms with Gasteiger partial charge >= 0.3 is 12.1 Å². The number of ether oxygens (including phenoxy) is 1. The Hall–Kier alpha value is -4.00. The Morgan fingerprint density at radius 3 is 2.26 bits per heavy atom. The maximum absolute atomic E-state index is 13.3. The number of amides is 2. The van der Waals surface area contributed by atoms with Crippen LogP contribution in [-0.2, 0) is 9.53 Å². The molecule has 2 saturated heterocycles. The van der Waals surface area contributed by atoms with Crippen molar-refractivity contribution >= 4 is 23.5 Å². The maximum atomic E-state index is 13.3. The normalized spacial score (nSPS) is 19.9. The van der Waals surface area contributed by atoms with Gasteiger partial charge in [-0.2, -0.15) is 13.2 Å². The second-order valence-electron chi connectivity index (χ2n) is 9.89. The topological polar surface area (TPSA) is 136 Å². The molecule has 2 N–H and O–H groups in total. The van der Waals surface area contributed by atoms with Crippen LogP contribution in [0.4, 0.5) is 18.9 Å². The number of halogens is 3. The molecule has 0 bridgehead atoms. The number of carbonyl (C=O) groups excluding carboxylic acids is 3. The molecule has 2 heterocycles.